The largest absolute Gasteiger partial charge is 0.480 e. The highest BCUT2D eigenvalue weighted by Crippen LogP contribution is 2.23. The van der Waals surface area contributed by atoms with Gasteiger partial charge in [-0.15, -0.1) is 11.3 Å². The van der Waals surface area contributed by atoms with Gasteiger partial charge < -0.3 is 15.7 Å². The van der Waals surface area contributed by atoms with E-state index in [2.05, 4.69) is 10.6 Å². The van der Waals surface area contributed by atoms with Crippen molar-refractivity contribution in [2.24, 2.45) is 0 Å². The van der Waals surface area contributed by atoms with E-state index in [0.717, 1.165) is 10.1 Å². The molecule has 0 radical (unpaired) electrons. The number of thiophene rings is 1. The van der Waals surface area contributed by atoms with Crippen LogP contribution in [0.4, 0.5) is 10.5 Å². The van der Waals surface area contributed by atoms with Crippen molar-refractivity contribution < 1.29 is 14.7 Å². The summed E-state index contributed by atoms with van der Waals surface area (Å²) >= 11 is 3.18. The molecule has 0 aliphatic heterocycles. The Labute approximate surface area is 130 Å². The van der Waals surface area contributed by atoms with Crippen LogP contribution < -0.4 is 10.6 Å². The van der Waals surface area contributed by atoms with E-state index in [1.165, 1.54) is 0 Å². The summed E-state index contributed by atoms with van der Waals surface area (Å²) in [6.45, 7) is 0. The number of carbonyl (C=O) groups is 2. The van der Waals surface area contributed by atoms with E-state index in [1.54, 1.807) is 29.2 Å². The lowest BCUT2D eigenvalue weighted by Gasteiger charge is -2.14. The summed E-state index contributed by atoms with van der Waals surface area (Å²) in [5.74, 6) is -0.342. The van der Waals surface area contributed by atoms with Crippen LogP contribution in [-0.4, -0.2) is 35.2 Å². The maximum absolute atomic E-state index is 11.9. The van der Waals surface area contributed by atoms with Gasteiger partial charge in [0.25, 0.3) is 0 Å². The zero-order valence-electron chi connectivity index (χ0n) is 11.5. The van der Waals surface area contributed by atoms with Gasteiger partial charge >= 0.3 is 12.0 Å². The van der Waals surface area contributed by atoms with Gasteiger partial charge in [-0.05, 0) is 53.5 Å². The molecule has 0 spiro atoms. The van der Waals surface area contributed by atoms with Crippen LogP contribution >= 0.6 is 23.1 Å². The van der Waals surface area contributed by atoms with Crippen molar-refractivity contribution in [2.45, 2.75) is 12.5 Å². The first kappa shape index (κ1) is 15.7. The summed E-state index contributed by atoms with van der Waals surface area (Å²) in [6.07, 6.45) is 2.29. The molecule has 112 valence electrons. The highest BCUT2D eigenvalue weighted by atomic mass is 32.2. The number of carboxylic acid groups (broad SMARTS) is 1. The van der Waals surface area contributed by atoms with Gasteiger partial charge in [0.05, 0.1) is 0 Å². The van der Waals surface area contributed by atoms with Gasteiger partial charge in [0, 0.05) is 10.4 Å². The minimum atomic E-state index is -1.02. The van der Waals surface area contributed by atoms with Gasteiger partial charge in [-0.2, -0.15) is 11.8 Å². The monoisotopic (exact) mass is 324 g/mol. The van der Waals surface area contributed by atoms with E-state index in [4.69, 9.17) is 5.11 Å². The number of hydrogen-bond donors (Lipinski definition) is 3. The Kier molecular flexibility index (Phi) is 5.46. The van der Waals surface area contributed by atoms with Crippen molar-refractivity contribution in [1.29, 1.82) is 0 Å². The summed E-state index contributed by atoms with van der Waals surface area (Å²) in [5, 5.41) is 17.3. The van der Waals surface area contributed by atoms with Crippen molar-refractivity contribution in [3.8, 4) is 0 Å². The number of carbonyl (C=O) groups excluding carboxylic acids is 1. The Morgan fingerprint density at radius 2 is 2.19 bits per heavy atom. The molecule has 0 aliphatic rings. The fourth-order valence-electron chi connectivity index (χ4n) is 1.86. The van der Waals surface area contributed by atoms with E-state index in [9.17, 15) is 9.59 Å². The fourth-order valence-corrected chi connectivity index (χ4v) is 3.11. The number of amides is 2. The maximum atomic E-state index is 11.9. The Hall–Kier alpha value is -1.73. The Morgan fingerprint density at radius 3 is 2.90 bits per heavy atom. The first-order valence-electron chi connectivity index (χ1n) is 6.36. The van der Waals surface area contributed by atoms with Crippen LogP contribution in [0.15, 0.2) is 29.6 Å². The van der Waals surface area contributed by atoms with Crippen LogP contribution in [0.1, 0.15) is 6.42 Å². The zero-order chi connectivity index (χ0) is 15.2. The smallest absolute Gasteiger partial charge is 0.326 e. The highest BCUT2D eigenvalue weighted by molar-refractivity contribution is 7.98. The summed E-state index contributed by atoms with van der Waals surface area (Å²) in [4.78, 5) is 23.0. The molecular weight excluding hydrogens is 308 g/mol. The van der Waals surface area contributed by atoms with Crippen molar-refractivity contribution >= 4 is 50.9 Å². The SMILES string of the molecule is CSCC[C@@H](NC(=O)Nc1ccc2sccc2c1)C(=O)O. The quantitative estimate of drug-likeness (QED) is 0.762. The third-order valence-corrected chi connectivity index (χ3v) is 4.47. The van der Waals surface area contributed by atoms with E-state index in [0.29, 0.717) is 17.9 Å². The predicted octanol–water partition coefficient (Wildman–Crippen LogP) is 3.23. The van der Waals surface area contributed by atoms with E-state index in [1.807, 2.05) is 29.8 Å². The van der Waals surface area contributed by atoms with Gasteiger partial charge in [0.1, 0.15) is 6.04 Å². The van der Waals surface area contributed by atoms with Crippen molar-refractivity contribution in [1.82, 2.24) is 5.32 Å². The third kappa shape index (κ3) is 4.37. The maximum Gasteiger partial charge on any atom is 0.326 e. The summed E-state index contributed by atoms with van der Waals surface area (Å²) in [7, 11) is 0. The number of rotatable bonds is 6. The number of fused-ring (bicyclic) bond motifs is 1. The minimum absolute atomic E-state index is 0.396. The van der Waals surface area contributed by atoms with Crippen molar-refractivity contribution in [3.05, 3.63) is 29.6 Å². The summed E-state index contributed by atoms with van der Waals surface area (Å²) in [6, 6.07) is 6.19. The van der Waals surface area contributed by atoms with Gasteiger partial charge in [-0.25, -0.2) is 9.59 Å². The molecule has 0 aliphatic carbocycles. The molecular formula is C14H16N2O3S2. The minimum Gasteiger partial charge on any atom is -0.480 e. The molecule has 2 aromatic rings. The molecule has 0 unspecified atom stereocenters. The van der Waals surface area contributed by atoms with Crippen molar-refractivity contribution in [3.63, 3.8) is 0 Å². The number of carboxylic acids is 1. The van der Waals surface area contributed by atoms with Crippen LogP contribution in [0.5, 0.6) is 0 Å². The first-order valence-corrected chi connectivity index (χ1v) is 8.64. The molecule has 1 aromatic carbocycles. The standard InChI is InChI=1S/C14H16N2O3S2/c1-20-6-5-11(13(17)18)16-14(19)15-10-2-3-12-9(8-10)4-7-21-12/h2-4,7-8,11H,5-6H2,1H3,(H,17,18)(H2,15,16,19)/t11-/m1/s1. The molecule has 2 amide bonds. The average Bonchev–Trinajstić information content (AvgIpc) is 2.90. The van der Waals surface area contributed by atoms with Crippen LogP contribution in [0.25, 0.3) is 10.1 Å². The number of thioether (sulfide) groups is 1. The average molecular weight is 324 g/mol. The van der Waals surface area contributed by atoms with Crippen LogP contribution in [0.2, 0.25) is 0 Å². The molecule has 5 nitrogen and oxygen atoms in total. The second-order valence-electron chi connectivity index (χ2n) is 4.44. The number of benzene rings is 1. The lowest BCUT2D eigenvalue weighted by Crippen LogP contribution is -2.43. The Bertz CT molecular complexity index is 642. The normalized spacial score (nSPS) is 12.0. The molecule has 1 aromatic heterocycles. The van der Waals surface area contributed by atoms with E-state index >= 15 is 0 Å². The second-order valence-corrected chi connectivity index (χ2v) is 6.38. The number of urea groups is 1. The molecule has 0 saturated heterocycles. The van der Waals surface area contributed by atoms with Gasteiger partial charge in [-0.1, -0.05) is 0 Å². The Morgan fingerprint density at radius 1 is 1.38 bits per heavy atom. The lowest BCUT2D eigenvalue weighted by atomic mass is 10.2. The number of aliphatic carboxylic acids is 1. The summed E-state index contributed by atoms with van der Waals surface area (Å²) in [5.41, 5.74) is 0.646. The molecule has 0 bridgehead atoms. The predicted molar refractivity (Wildman–Crippen MR) is 88.4 cm³/mol. The van der Waals surface area contributed by atoms with Crippen LogP contribution in [-0.2, 0) is 4.79 Å². The molecule has 2 rings (SSSR count). The number of nitrogens with one attached hydrogen (secondary N) is 2. The third-order valence-electron chi connectivity index (χ3n) is 2.92. The highest BCUT2D eigenvalue weighted by Gasteiger charge is 2.19. The molecule has 0 fully saturated rings. The van der Waals surface area contributed by atoms with Gasteiger partial charge in [0.2, 0.25) is 0 Å². The van der Waals surface area contributed by atoms with Gasteiger partial charge in [-0.3, -0.25) is 0 Å². The molecule has 1 atom stereocenters. The van der Waals surface area contributed by atoms with Crippen LogP contribution in [0.3, 0.4) is 0 Å². The summed E-state index contributed by atoms with van der Waals surface area (Å²) < 4.78 is 1.14. The van der Waals surface area contributed by atoms with E-state index < -0.39 is 18.0 Å². The Balaban J connectivity index is 1.97. The first-order chi connectivity index (χ1) is 10.1. The molecule has 21 heavy (non-hydrogen) atoms. The molecule has 3 N–H and O–H groups in total. The van der Waals surface area contributed by atoms with Gasteiger partial charge in [0.15, 0.2) is 0 Å². The molecule has 0 saturated carbocycles. The second kappa shape index (κ2) is 7.33. The topological polar surface area (TPSA) is 78.4 Å². The van der Waals surface area contributed by atoms with Crippen LogP contribution in [0, 0.1) is 0 Å². The number of hydrogen-bond acceptors (Lipinski definition) is 4. The zero-order valence-corrected chi connectivity index (χ0v) is 13.1. The lowest BCUT2D eigenvalue weighted by molar-refractivity contribution is -0.139. The van der Waals surface area contributed by atoms with E-state index in [-0.39, 0.29) is 0 Å². The fraction of sp³-hybridized carbons (Fsp3) is 0.286. The van der Waals surface area contributed by atoms with Crippen molar-refractivity contribution in [2.75, 3.05) is 17.3 Å². The number of anilines is 1. The molecule has 7 heteroatoms. The molecule has 1 heterocycles.